The summed E-state index contributed by atoms with van der Waals surface area (Å²) >= 11 is 1.70. The molecule has 0 radical (unpaired) electrons. The smallest absolute Gasteiger partial charge is 0.258 e. The fourth-order valence-electron chi connectivity index (χ4n) is 4.10. The topological polar surface area (TPSA) is 68.8 Å². The van der Waals surface area contributed by atoms with Gasteiger partial charge in [0.1, 0.15) is 10.8 Å². The predicted octanol–water partition coefficient (Wildman–Crippen LogP) is 5.91. The van der Waals surface area contributed by atoms with Gasteiger partial charge in [-0.15, -0.1) is 11.3 Å². The molecule has 1 heterocycles. The molecule has 0 bridgehead atoms. The summed E-state index contributed by atoms with van der Waals surface area (Å²) in [5.41, 5.74) is 3.76. The molecule has 0 saturated heterocycles. The molecule has 0 fully saturated rings. The van der Waals surface area contributed by atoms with E-state index >= 15 is 0 Å². The first-order chi connectivity index (χ1) is 16.1. The number of carbonyl (C=O) groups excluding carboxylic acids is 1. The molecule has 0 aliphatic heterocycles. The van der Waals surface area contributed by atoms with Crippen LogP contribution < -0.4 is 24.8 Å². The molecular formula is C26H30N2O4S. The van der Waals surface area contributed by atoms with E-state index in [1.165, 1.54) is 16.9 Å². The lowest BCUT2D eigenvalue weighted by atomic mass is 9.95. The third-order valence-electron chi connectivity index (χ3n) is 5.72. The molecule has 6 nitrogen and oxygen atoms in total. The van der Waals surface area contributed by atoms with E-state index < -0.39 is 0 Å². The van der Waals surface area contributed by atoms with Crippen LogP contribution in [0, 0.1) is 0 Å². The highest BCUT2D eigenvalue weighted by Gasteiger charge is 2.25. The normalized spacial score (nSPS) is 12.6. The summed E-state index contributed by atoms with van der Waals surface area (Å²) in [6, 6.07) is 13.4. The van der Waals surface area contributed by atoms with E-state index in [0.29, 0.717) is 24.7 Å². The molecule has 7 heteroatoms. The van der Waals surface area contributed by atoms with Crippen molar-refractivity contribution in [3.63, 3.8) is 0 Å². The summed E-state index contributed by atoms with van der Waals surface area (Å²) in [4.78, 5) is 14.7. The maximum atomic E-state index is 13.4. The number of benzene rings is 2. The minimum Gasteiger partial charge on any atom is -0.494 e. The largest absolute Gasteiger partial charge is 0.494 e. The number of rotatable bonds is 9. The first-order valence-electron chi connectivity index (χ1n) is 11.3. The van der Waals surface area contributed by atoms with E-state index in [1.54, 1.807) is 25.6 Å². The average Bonchev–Trinajstić information content (AvgIpc) is 3.22. The van der Waals surface area contributed by atoms with Gasteiger partial charge < -0.3 is 24.8 Å². The van der Waals surface area contributed by atoms with Crippen molar-refractivity contribution in [1.82, 2.24) is 0 Å². The summed E-state index contributed by atoms with van der Waals surface area (Å²) in [6.45, 7) is 3.15. The number of fused-ring (bicyclic) bond motifs is 1. The van der Waals surface area contributed by atoms with Crippen LogP contribution in [-0.2, 0) is 19.4 Å². The molecule has 33 heavy (non-hydrogen) atoms. The highest BCUT2D eigenvalue weighted by atomic mass is 32.1. The summed E-state index contributed by atoms with van der Waals surface area (Å²) in [7, 11) is 3.26. The van der Waals surface area contributed by atoms with Crippen molar-refractivity contribution in [2.24, 2.45) is 0 Å². The Morgan fingerprint density at radius 3 is 2.48 bits per heavy atom. The molecule has 2 aromatic carbocycles. The molecule has 0 atom stereocenters. The van der Waals surface area contributed by atoms with E-state index in [0.717, 1.165) is 46.8 Å². The first-order valence-corrected chi connectivity index (χ1v) is 12.1. The zero-order valence-electron chi connectivity index (χ0n) is 19.3. The molecule has 4 rings (SSSR count). The average molecular weight is 467 g/mol. The minimum absolute atomic E-state index is 0.0756. The molecule has 2 N–H and O–H groups in total. The third-order valence-corrected chi connectivity index (χ3v) is 6.97. The molecule has 0 unspecified atom stereocenters. The third kappa shape index (κ3) is 5.25. The second-order valence-electron chi connectivity index (χ2n) is 7.87. The number of ether oxygens (including phenoxy) is 3. The van der Waals surface area contributed by atoms with Crippen molar-refractivity contribution in [2.75, 3.05) is 31.5 Å². The summed E-state index contributed by atoms with van der Waals surface area (Å²) in [5, 5.41) is 7.50. The zero-order valence-corrected chi connectivity index (χ0v) is 20.1. The Balaban J connectivity index is 1.55. The standard InChI is InChI=1S/C26H30N2O4S/c1-4-32-19-12-10-18(11-13-19)28-25(29)24-20-7-5-6-8-23(20)33-26(24)27-16-17-9-14-21(30-2)22(15-17)31-3/h9-15,27H,4-8,16H2,1-3H3,(H,28,29). The van der Waals surface area contributed by atoms with Crippen LogP contribution in [0.3, 0.4) is 0 Å². The van der Waals surface area contributed by atoms with Crippen LogP contribution in [0.2, 0.25) is 0 Å². The van der Waals surface area contributed by atoms with E-state index in [4.69, 9.17) is 14.2 Å². The number of anilines is 2. The summed E-state index contributed by atoms with van der Waals surface area (Å²) in [5.74, 6) is 2.10. The Kier molecular flexibility index (Phi) is 7.40. The Morgan fingerprint density at radius 2 is 1.76 bits per heavy atom. The molecule has 174 valence electrons. The molecule has 1 amide bonds. The lowest BCUT2D eigenvalue weighted by Gasteiger charge is -2.14. The van der Waals surface area contributed by atoms with E-state index in [2.05, 4.69) is 10.6 Å². The quantitative estimate of drug-likeness (QED) is 0.410. The zero-order chi connectivity index (χ0) is 23.2. The number of hydrogen-bond donors (Lipinski definition) is 2. The minimum atomic E-state index is -0.0756. The van der Waals surface area contributed by atoms with E-state index in [1.807, 2.05) is 49.4 Å². The molecule has 1 aliphatic carbocycles. The highest BCUT2D eigenvalue weighted by Crippen LogP contribution is 2.39. The number of methoxy groups -OCH3 is 2. The van der Waals surface area contributed by atoms with Gasteiger partial charge in [0.2, 0.25) is 0 Å². The van der Waals surface area contributed by atoms with Gasteiger partial charge in [-0.1, -0.05) is 6.07 Å². The summed E-state index contributed by atoms with van der Waals surface area (Å²) in [6.07, 6.45) is 4.25. The number of hydrogen-bond acceptors (Lipinski definition) is 6. The van der Waals surface area contributed by atoms with Gasteiger partial charge in [0.05, 0.1) is 26.4 Å². The van der Waals surface area contributed by atoms with E-state index in [9.17, 15) is 4.79 Å². The van der Waals surface area contributed by atoms with Crippen LogP contribution >= 0.6 is 11.3 Å². The number of amides is 1. The molecule has 0 saturated carbocycles. The van der Waals surface area contributed by atoms with Crippen LogP contribution in [-0.4, -0.2) is 26.7 Å². The van der Waals surface area contributed by atoms with Crippen molar-refractivity contribution in [2.45, 2.75) is 39.2 Å². The second kappa shape index (κ2) is 10.6. The van der Waals surface area contributed by atoms with Crippen molar-refractivity contribution in [3.8, 4) is 17.2 Å². The van der Waals surface area contributed by atoms with Crippen molar-refractivity contribution >= 4 is 27.9 Å². The summed E-state index contributed by atoms with van der Waals surface area (Å²) < 4.78 is 16.3. The van der Waals surface area contributed by atoms with Crippen LogP contribution in [0.5, 0.6) is 17.2 Å². The lowest BCUT2D eigenvalue weighted by Crippen LogP contribution is -2.16. The van der Waals surface area contributed by atoms with Gasteiger partial charge in [-0.05, 0) is 80.1 Å². The highest BCUT2D eigenvalue weighted by molar-refractivity contribution is 7.16. The Morgan fingerprint density at radius 1 is 1.00 bits per heavy atom. The van der Waals surface area contributed by atoms with Crippen molar-refractivity contribution < 1.29 is 19.0 Å². The van der Waals surface area contributed by atoms with Gasteiger partial charge in [0.25, 0.3) is 5.91 Å². The van der Waals surface area contributed by atoms with Gasteiger partial charge in [0.15, 0.2) is 11.5 Å². The van der Waals surface area contributed by atoms with Crippen molar-refractivity contribution in [1.29, 1.82) is 0 Å². The Labute approximate surface area is 198 Å². The SMILES string of the molecule is CCOc1ccc(NC(=O)c2c(NCc3ccc(OC)c(OC)c3)sc3c2CCCC3)cc1. The van der Waals surface area contributed by atoms with Crippen LogP contribution in [0.15, 0.2) is 42.5 Å². The number of nitrogens with one attached hydrogen (secondary N) is 2. The van der Waals surface area contributed by atoms with Crippen LogP contribution in [0.25, 0.3) is 0 Å². The number of thiophene rings is 1. The molecule has 0 spiro atoms. The predicted molar refractivity (Wildman–Crippen MR) is 133 cm³/mol. The van der Waals surface area contributed by atoms with Gasteiger partial charge in [-0.3, -0.25) is 4.79 Å². The van der Waals surface area contributed by atoms with Gasteiger partial charge in [-0.2, -0.15) is 0 Å². The van der Waals surface area contributed by atoms with Crippen LogP contribution in [0.4, 0.5) is 10.7 Å². The number of carbonyl (C=O) groups is 1. The maximum Gasteiger partial charge on any atom is 0.258 e. The molecule has 1 aromatic heterocycles. The molecular weight excluding hydrogens is 436 g/mol. The lowest BCUT2D eigenvalue weighted by molar-refractivity contribution is 0.102. The van der Waals surface area contributed by atoms with Gasteiger partial charge in [-0.25, -0.2) is 0 Å². The van der Waals surface area contributed by atoms with Gasteiger partial charge in [0, 0.05) is 17.1 Å². The Bertz CT molecular complexity index is 1110. The first kappa shape index (κ1) is 23.0. The molecule has 3 aromatic rings. The fourth-order valence-corrected chi connectivity index (χ4v) is 5.38. The maximum absolute atomic E-state index is 13.4. The van der Waals surface area contributed by atoms with Crippen molar-refractivity contribution in [3.05, 3.63) is 64.0 Å². The van der Waals surface area contributed by atoms with E-state index in [-0.39, 0.29) is 5.91 Å². The fraction of sp³-hybridized carbons (Fsp3) is 0.346. The number of aryl methyl sites for hydroxylation is 1. The monoisotopic (exact) mass is 466 g/mol. The second-order valence-corrected chi connectivity index (χ2v) is 8.97. The molecule has 1 aliphatic rings. The Hall–Kier alpha value is -3.19. The van der Waals surface area contributed by atoms with Gasteiger partial charge >= 0.3 is 0 Å². The van der Waals surface area contributed by atoms with Crippen LogP contribution in [0.1, 0.15) is 46.1 Å².